The molecule has 0 aliphatic carbocycles. The van der Waals surface area contributed by atoms with Crippen molar-refractivity contribution >= 4 is 60.3 Å². The molecule has 0 bridgehead atoms. The van der Waals surface area contributed by atoms with Gasteiger partial charge in [-0.1, -0.05) is 128 Å². The minimum Gasteiger partial charge on any atom is -0.309 e. The third kappa shape index (κ3) is 5.54. The summed E-state index contributed by atoms with van der Waals surface area (Å²) in [4.78, 5) is 5.15. The lowest BCUT2D eigenvalue weighted by atomic mass is 9.98. The summed E-state index contributed by atoms with van der Waals surface area (Å²) in [5, 5.41) is 9.75. The molecule has 0 amide bonds. The Morgan fingerprint density at radius 1 is 0.636 bits per heavy atom. The Hall–Kier alpha value is -7.01. The minimum absolute atomic E-state index is 0.741. The van der Waals surface area contributed by atoms with Gasteiger partial charge in [-0.15, -0.1) is 0 Å². The number of hydrazine groups is 1. The summed E-state index contributed by atoms with van der Waals surface area (Å²) in [6.07, 6.45) is 7.99. The van der Waals surface area contributed by atoms with E-state index >= 15 is 0 Å². The van der Waals surface area contributed by atoms with E-state index in [1.165, 1.54) is 54.6 Å². The predicted molar refractivity (Wildman–Crippen MR) is 233 cm³/mol. The number of anilines is 2. The van der Waals surface area contributed by atoms with Crippen LogP contribution in [-0.2, 0) is 6.54 Å². The molecule has 1 N–H and O–H groups in total. The monoisotopic (exact) mass is 706 g/mol. The highest BCUT2D eigenvalue weighted by Gasteiger charge is 2.26. The molecule has 7 aromatic carbocycles. The molecule has 1 aliphatic heterocycles. The van der Waals surface area contributed by atoms with Crippen molar-refractivity contribution in [2.75, 3.05) is 5.01 Å². The number of rotatable bonds is 7. The number of hydrogen-bond acceptors (Lipinski definition) is 3. The molecule has 3 heterocycles. The Kier molecular flexibility index (Phi) is 7.97. The maximum Gasteiger partial charge on any atom is 0.0715 e. The van der Waals surface area contributed by atoms with Crippen LogP contribution in [0.1, 0.15) is 18.2 Å². The number of pyridine rings is 1. The zero-order valence-electron chi connectivity index (χ0n) is 30.6. The van der Waals surface area contributed by atoms with E-state index in [-0.39, 0.29) is 0 Å². The number of hydrogen-bond donors (Lipinski definition) is 1. The quantitative estimate of drug-likeness (QED) is 0.132. The van der Waals surface area contributed by atoms with E-state index in [1.807, 2.05) is 31.2 Å². The van der Waals surface area contributed by atoms with Crippen molar-refractivity contribution in [1.82, 2.24) is 15.0 Å². The van der Waals surface area contributed by atoms with Crippen LogP contribution in [0.25, 0.3) is 77.0 Å². The first-order valence-corrected chi connectivity index (χ1v) is 18.8. The van der Waals surface area contributed by atoms with Gasteiger partial charge in [-0.3, -0.25) is 5.01 Å². The molecule has 0 saturated carbocycles. The largest absolute Gasteiger partial charge is 0.309 e. The Morgan fingerprint density at radius 3 is 2.24 bits per heavy atom. The number of benzene rings is 7. The number of nitrogens with one attached hydrogen (secondary N) is 1. The van der Waals surface area contributed by atoms with Crippen LogP contribution in [0.5, 0.6) is 0 Å². The minimum atomic E-state index is 0.741. The predicted octanol–water partition coefficient (Wildman–Crippen LogP) is 13.1. The van der Waals surface area contributed by atoms with Crippen LogP contribution in [0.15, 0.2) is 189 Å². The molecule has 4 heteroatoms. The fourth-order valence-electron chi connectivity index (χ4n) is 8.35. The number of para-hydroxylation sites is 1. The van der Waals surface area contributed by atoms with Crippen molar-refractivity contribution in [1.29, 1.82) is 0 Å². The van der Waals surface area contributed by atoms with E-state index < -0.39 is 0 Å². The first-order chi connectivity index (χ1) is 27.2. The highest BCUT2D eigenvalue weighted by atomic mass is 15.5. The SMILES string of the molecule is C=C/C=C(\C=C/C)c1cc(-c2cccc(-n3c4cc5c(ccc6ccccc65)cc4c4c5c(ccc43)N(c3ccccc3)NC5)c2)cc(-c2ccccc2)n1. The fourth-order valence-corrected chi connectivity index (χ4v) is 8.35. The topological polar surface area (TPSA) is 33.1 Å². The molecule has 0 saturated heterocycles. The van der Waals surface area contributed by atoms with E-state index in [0.717, 1.165) is 51.6 Å². The zero-order chi connectivity index (χ0) is 36.9. The summed E-state index contributed by atoms with van der Waals surface area (Å²) in [6.45, 7) is 6.76. The maximum atomic E-state index is 5.15. The molecular formula is C51H38N4. The number of fused-ring (bicyclic) bond motifs is 8. The lowest BCUT2D eigenvalue weighted by Gasteiger charge is -2.19. The van der Waals surface area contributed by atoms with E-state index in [1.54, 1.807) is 0 Å². The van der Waals surface area contributed by atoms with Crippen molar-refractivity contribution in [2.45, 2.75) is 13.5 Å². The van der Waals surface area contributed by atoms with Gasteiger partial charge in [0.2, 0.25) is 0 Å². The number of allylic oxidation sites excluding steroid dienone is 5. The molecule has 262 valence electrons. The van der Waals surface area contributed by atoms with E-state index in [0.29, 0.717) is 0 Å². The average Bonchev–Trinajstić information content (AvgIpc) is 3.82. The highest BCUT2D eigenvalue weighted by Crippen LogP contribution is 2.44. The molecule has 0 atom stereocenters. The second-order valence-corrected chi connectivity index (χ2v) is 14.1. The van der Waals surface area contributed by atoms with Crippen LogP contribution in [0, 0.1) is 0 Å². The molecule has 4 nitrogen and oxygen atoms in total. The van der Waals surface area contributed by atoms with Gasteiger partial charge in [0.1, 0.15) is 0 Å². The van der Waals surface area contributed by atoms with Crippen molar-refractivity contribution in [3.63, 3.8) is 0 Å². The summed E-state index contributed by atoms with van der Waals surface area (Å²) in [5.74, 6) is 0. The summed E-state index contributed by atoms with van der Waals surface area (Å²) in [5.41, 5.74) is 16.9. The molecule has 9 aromatic rings. The first-order valence-electron chi connectivity index (χ1n) is 18.8. The van der Waals surface area contributed by atoms with Gasteiger partial charge in [-0.2, -0.15) is 0 Å². The van der Waals surface area contributed by atoms with Crippen LogP contribution >= 0.6 is 0 Å². The van der Waals surface area contributed by atoms with Crippen LogP contribution in [0.4, 0.5) is 11.4 Å². The zero-order valence-corrected chi connectivity index (χ0v) is 30.6. The molecule has 0 spiro atoms. The third-order valence-electron chi connectivity index (χ3n) is 10.8. The van der Waals surface area contributed by atoms with Gasteiger partial charge in [0.05, 0.1) is 33.8 Å². The summed E-state index contributed by atoms with van der Waals surface area (Å²) in [7, 11) is 0. The van der Waals surface area contributed by atoms with E-state index in [2.05, 4.69) is 179 Å². The molecule has 0 unspecified atom stereocenters. The first kappa shape index (κ1) is 32.6. The molecule has 0 fully saturated rings. The summed E-state index contributed by atoms with van der Waals surface area (Å²) in [6, 6.07) is 56.9. The van der Waals surface area contributed by atoms with Gasteiger partial charge >= 0.3 is 0 Å². The smallest absolute Gasteiger partial charge is 0.0715 e. The molecular weight excluding hydrogens is 669 g/mol. The summed E-state index contributed by atoms with van der Waals surface area (Å²) >= 11 is 0. The van der Waals surface area contributed by atoms with Crippen molar-refractivity contribution < 1.29 is 0 Å². The van der Waals surface area contributed by atoms with Gasteiger partial charge in [0.25, 0.3) is 0 Å². The second-order valence-electron chi connectivity index (χ2n) is 14.1. The maximum absolute atomic E-state index is 5.15. The number of aromatic nitrogens is 2. The van der Waals surface area contributed by atoms with Crippen molar-refractivity contribution in [3.05, 3.63) is 200 Å². The molecule has 55 heavy (non-hydrogen) atoms. The normalized spacial score (nSPS) is 13.1. The Labute approximate surface area is 320 Å². The van der Waals surface area contributed by atoms with E-state index in [4.69, 9.17) is 4.98 Å². The lowest BCUT2D eigenvalue weighted by molar-refractivity contribution is 0.767. The average molecular weight is 707 g/mol. The van der Waals surface area contributed by atoms with Crippen LogP contribution in [0.2, 0.25) is 0 Å². The fraction of sp³-hybridized carbons (Fsp3) is 0.0392. The van der Waals surface area contributed by atoms with Gasteiger partial charge in [-0.25, -0.2) is 10.4 Å². The van der Waals surface area contributed by atoms with Gasteiger partial charge < -0.3 is 4.57 Å². The van der Waals surface area contributed by atoms with Crippen molar-refractivity contribution in [3.8, 4) is 28.1 Å². The van der Waals surface area contributed by atoms with Crippen molar-refractivity contribution in [2.24, 2.45) is 0 Å². The summed E-state index contributed by atoms with van der Waals surface area (Å²) < 4.78 is 2.46. The molecule has 0 radical (unpaired) electrons. The molecule has 10 rings (SSSR count). The molecule has 1 aliphatic rings. The van der Waals surface area contributed by atoms with Crippen LogP contribution < -0.4 is 10.4 Å². The van der Waals surface area contributed by atoms with Crippen LogP contribution in [-0.4, -0.2) is 9.55 Å². The molecule has 2 aromatic heterocycles. The van der Waals surface area contributed by atoms with Crippen LogP contribution in [0.3, 0.4) is 0 Å². The second kappa shape index (κ2) is 13.4. The number of nitrogens with zero attached hydrogens (tertiary/aromatic N) is 3. The lowest BCUT2D eigenvalue weighted by Crippen LogP contribution is -2.26. The Bertz CT molecular complexity index is 3010. The third-order valence-corrected chi connectivity index (χ3v) is 10.8. The van der Waals surface area contributed by atoms with Gasteiger partial charge in [0.15, 0.2) is 0 Å². The van der Waals surface area contributed by atoms with Gasteiger partial charge in [-0.05, 0) is 106 Å². The Balaban J connectivity index is 1.22. The highest BCUT2D eigenvalue weighted by molar-refractivity contribution is 6.19. The Morgan fingerprint density at radius 2 is 1.40 bits per heavy atom. The van der Waals surface area contributed by atoms with Gasteiger partial charge in [0, 0.05) is 34.1 Å². The van der Waals surface area contributed by atoms with E-state index in [9.17, 15) is 0 Å². The standard InChI is InChI=1S/C51H38N4/c1-3-14-35(15-4-2)46-30-39(31-47(53-46)36-17-7-5-8-18-36)37-19-13-22-41(28-37)54-49-27-26-48-45(33-52-55(48)40-20-9-6-10-21-40)51(49)44-29-38-25-24-34-16-11-12-23-42(34)43(38)32-50(44)54/h3-32,52H,1,33H2,2H3/b15-4-,35-14+.